The maximum absolute atomic E-state index is 11.4. The standard InChI is InChI=1S/C11H10O7/c1-15-8-6(4-12)7(10(13)16-2)5-18-9(8)11(14)17-3/h5H,1-3H3. The third-order valence-electron chi connectivity index (χ3n) is 2.08. The molecule has 0 N–H and O–H groups in total. The van der Waals surface area contributed by atoms with Gasteiger partial charge < -0.3 is 18.9 Å². The Balaban J connectivity index is 3.29. The molecule has 0 aromatic heterocycles. The third kappa shape index (κ3) is 2.26. The maximum atomic E-state index is 11.4. The second kappa shape index (κ2) is 5.70. The number of hydrogen-bond donors (Lipinski definition) is 0. The third-order valence-corrected chi connectivity index (χ3v) is 2.08. The molecule has 0 unspecified atom stereocenters. The lowest BCUT2D eigenvalue weighted by Gasteiger charge is -2.17. The molecular formula is C11H10O7. The molecule has 0 atom stereocenters. The molecule has 0 aromatic carbocycles. The molecular weight excluding hydrogens is 244 g/mol. The van der Waals surface area contributed by atoms with E-state index in [9.17, 15) is 14.4 Å². The number of hydrogen-bond acceptors (Lipinski definition) is 7. The van der Waals surface area contributed by atoms with Gasteiger partial charge in [-0.15, -0.1) is 0 Å². The fourth-order valence-electron chi connectivity index (χ4n) is 1.26. The molecule has 0 amide bonds. The summed E-state index contributed by atoms with van der Waals surface area (Å²) < 4.78 is 18.7. The molecule has 96 valence electrons. The maximum Gasteiger partial charge on any atom is 0.377 e. The summed E-state index contributed by atoms with van der Waals surface area (Å²) in [5.74, 6) is -0.732. The quantitative estimate of drug-likeness (QED) is 0.511. The number of carbonyl (C=O) groups is 2. The minimum absolute atomic E-state index is 0.197. The van der Waals surface area contributed by atoms with Gasteiger partial charge in [0.05, 0.1) is 21.3 Å². The van der Waals surface area contributed by atoms with E-state index in [-0.39, 0.29) is 22.7 Å². The van der Waals surface area contributed by atoms with Gasteiger partial charge in [0.2, 0.25) is 0 Å². The van der Waals surface area contributed by atoms with Crippen LogP contribution in [0.5, 0.6) is 0 Å². The van der Waals surface area contributed by atoms with Crippen LogP contribution in [0.25, 0.3) is 0 Å². The number of methoxy groups -OCH3 is 3. The second-order valence-corrected chi connectivity index (χ2v) is 2.97. The lowest BCUT2D eigenvalue weighted by Crippen LogP contribution is -2.20. The van der Waals surface area contributed by atoms with E-state index in [0.717, 1.165) is 20.5 Å². The van der Waals surface area contributed by atoms with Crippen LogP contribution in [0.3, 0.4) is 0 Å². The first-order valence-corrected chi connectivity index (χ1v) is 4.68. The van der Waals surface area contributed by atoms with Crippen molar-refractivity contribution in [1.29, 1.82) is 0 Å². The Kier molecular flexibility index (Phi) is 4.28. The van der Waals surface area contributed by atoms with Gasteiger partial charge in [-0.05, 0) is 0 Å². The molecule has 0 saturated heterocycles. The van der Waals surface area contributed by atoms with Gasteiger partial charge in [-0.1, -0.05) is 0 Å². The Morgan fingerprint density at radius 2 is 1.78 bits per heavy atom. The lowest BCUT2D eigenvalue weighted by molar-refractivity contribution is -0.140. The highest BCUT2D eigenvalue weighted by molar-refractivity contribution is 6.00. The van der Waals surface area contributed by atoms with Crippen molar-refractivity contribution in [1.82, 2.24) is 0 Å². The summed E-state index contributed by atoms with van der Waals surface area (Å²) in [7, 11) is 3.48. The van der Waals surface area contributed by atoms with E-state index in [0.29, 0.717) is 0 Å². The van der Waals surface area contributed by atoms with E-state index in [1.54, 1.807) is 0 Å². The first-order valence-electron chi connectivity index (χ1n) is 4.68. The molecule has 0 aliphatic carbocycles. The Hall–Kier alpha value is -2.53. The van der Waals surface area contributed by atoms with Crippen LogP contribution in [0, 0.1) is 0 Å². The fourth-order valence-corrected chi connectivity index (χ4v) is 1.26. The van der Waals surface area contributed by atoms with Crippen molar-refractivity contribution in [2.75, 3.05) is 21.3 Å². The van der Waals surface area contributed by atoms with Gasteiger partial charge in [0, 0.05) is 0 Å². The Bertz CT molecular complexity index is 492. The van der Waals surface area contributed by atoms with Crippen molar-refractivity contribution >= 4 is 17.9 Å². The Labute approximate surface area is 102 Å². The molecule has 7 heteroatoms. The monoisotopic (exact) mass is 254 g/mol. The lowest BCUT2D eigenvalue weighted by atomic mass is 10.0. The second-order valence-electron chi connectivity index (χ2n) is 2.97. The van der Waals surface area contributed by atoms with Gasteiger partial charge >= 0.3 is 11.9 Å². The van der Waals surface area contributed by atoms with Crippen molar-refractivity contribution in [3.63, 3.8) is 0 Å². The molecule has 0 bridgehead atoms. The predicted octanol–water partition coefficient (Wildman–Crippen LogP) is -0.138. The molecule has 1 aliphatic rings. The number of carbonyl (C=O) groups excluding carboxylic acids is 3. The zero-order valence-electron chi connectivity index (χ0n) is 9.94. The van der Waals surface area contributed by atoms with E-state index in [1.807, 2.05) is 0 Å². The van der Waals surface area contributed by atoms with Crippen molar-refractivity contribution in [3.8, 4) is 0 Å². The molecule has 0 fully saturated rings. The first-order chi connectivity index (χ1) is 8.60. The molecule has 0 radical (unpaired) electrons. The summed E-state index contributed by atoms with van der Waals surface area (Å²) in [6, 6.07) is 0. The molecule has 1 aliphatic heterocycles. The van der Waals surface area contributed by atoms with Crippen molar-refractivity contribution in [2.24, 2.45) is 0 Å². The molecule has 0 spiro atoms. The van der Waals surface area contributed by atoms with Crippen LogP contribution in [0.2, 0.25) is 0 Å². The number of rotatable bonds is 3. The van der Waals surface area contributed by atoms with Crippen LogP contribution >= 0.6 is 0 Å². The average molecular weight is 254 g/mol. The normalized spacial score (nSPS) is 14.2. The van der Waals surface area contributed by atoms with E-state index >= 15 is 0 Å². The van der Waals surface area contributed by atoms with E-state index in [1.165, 1.54) is 13.1 Å². The van der Waals surface area contributed by atoms with Crippen LogP contribution in [0.1, 0.15) is 0 Å². The Morgan fingerprint density at radius 3 is 2.22 bits per heavy atom. The van der Waals surface area contributed by atoms with E-state index in [2.05, 4.69) is 9.47 Å². The smallest absolute Gasteiger partial charge is 0.377 e. The average Bonchev–Trinajstić information content (AvgIpc) is 2.43. The summed E-state index contributed by atoms with van der Waals surface area (Å²) in [5, 5.41) is 0. The van der Waals surface area contributed by atoms with Crippen LogP contribution < -0.4 is 0 Å². The van der Waals surface area contributed by atoms with Crippen molar-refractivity contribution < 1.29 is 33.3 Å². The topological polar surface area (TPSA) is 88.1 Å². The summed E-state index contributed by atoms with van der Waals surface area (Å²) in [6.45, 7) is 0. The highest BCUT2D eigenvalue weighted by Gasteiger charge is 2.32. The molecule has 1 rings (SSSR count). The van der Waals surface area contributed by atoms with Crippen molar-refractivity contribution in [2.45, 2.75) is 0 Å². The van der Waals surface area contributed by atoms with Crippen molar-refractivity contribution in [3.05, 3.63) is 28.9 Å². The zero-order chi connectivity index (χ0) is 13.7. The van der Waals surface area contributed by atoms with Crippen LogP contribution in [0.4, 0.5) is 0 Å². The van der Waals surface area contributed by atoms with Crippen LogP contribution in [-0.2, 0) is 33.3 Å². The fraction of sp³-hybridized carbons (Fsp3) is 0.273. The van der Waals surface area contributed by atoms with Gasteiger partial charge in [0.25, 0.3) is 5.76 Å². The summed E-state index contributed by atoms with van der Waals surface area (Å²) in [5.41, 5.74) is -0.465. The number of allylic oxidation sites excluding steroid dienone is 1. The number of esters is 2. The SMILES string of the molecule is COC(=O)C1=COC(C(=O)OC)=C(OC)C1=C=O. The van der Waals surface area contributed by atoms with Gasteiger partial charge in [-0.3, -0.25) is 0 Å². The highest BCUT2D eigenvalue weighted by atomic mass is 16.6. The summed E-state index contributed by atoms with van der Waals surface area (Å²) in [4.78, 5) is 33.6. The molecule has 18 heavy (non-hydrogen) atoms. The Morgan fingerprint density at radius 1 is 1.17 bits per heavy atom. The number of ether oxygens (including phenoxy) is 4. The van der Waals surface area contributed by atoms with Gasteiger partial charge in [0.1, 0.15) is 23.3 Å². The zero-order valence-corrected chi connectivity index (χ0v) is 9.94. The van der Waals surface area contributed by atoms with Gasteiger partial charge in [0.15, 0.2) is 5.76 Å². The predicted molar refractivity (Wildman–Crippen MR) is 56.4 cm³/mol. The summed E-state index contributed by atoms with van der Waals surface area (Å²) in [6.07, 6.45) is 0.904. The van der Waals surface area contributed by atoms with Crippen LogP contribution in [-0.4, -0.2) is 39.2 Å². The minimum Gasteiger partial charge on any atom is -0.491 e. The summed E-state index contributed by atoms with van der Waals surface area (Å²) >= 11 is 0. The van der Waals surface area contributed by atoms with E-state index < -0.39 is 11.9 Å². The molecule has 1 heterocycles. The van der Waals surface area contributed by atoms with Crippen LogP contribution in [0.15, 0.2) is 28.9 Å². The highest BCUT2D eigenvalue weighted by Crippen LogP contribution is 2.28. The first kappa shape index (κ1) is 13.5. The molecule has 7 nitrogen and oxygen atoms in total. The minimum atomic E-state index is -0.847. The van der Waals surface area contributed by atoms with E-state index in [4.69, 9.17) is 9.47 Å². The van der Waals surface area contributed by atoms with Gasteiger partial charge in [-0.25, -0.2) is 14.4 Å². The largest absolute Gasteiger partial charge is 0.491 e. The molecule has 0 saturated carbocycles. The van der Waals surface area contributed by atoms with Gasteiger partial charge in [-0.2, -0.15) is 0 Å². The molecule has 0 aromatic rings.